The summed E-state index contributed by atoms with van der Waals surface area (Å²) in [7, 11) is 0. The Morgan fingerprint density at radius 2 is 1.89 bits per heavy atom. The molecule has 0 N–H and O–H groups in total. The van der Waals surface area contributed by atoms with Gasteiger partial charge in [-0.3, -0.25) is 9.69 Å². The van der Waals surface area contributed by atoms with Crippen LogP contribution < -0.4 is 0 Å². The summed E-state index contributed by atoms with van der Waals surface area (Å²) in [5.41, 5.74) is 2.58. The summed E-state index contributed by atoms with van der Waals surface area (Å²) in [6.07, 6.45) is 1.64. The summed E-state index contributed by atoms with van der Waals surface area (Å²) >= 11 is 0. The smallest absolute Gasteiger partial charge is 0.131 e. The minimum atomic E-state index is 0.201. The van der Waals surface area contributed by atoms with Gasteiger partial charge in [-0.2, -0.15) is 0 Å². The SMILES string of the molecule is CCc1ccc(C(CC(C)=O)N2CCOCC2)cc1. The number of benzene rings is 1. The van der Waals surface area contributed by atoms with Crippen molar-refractivity contribution >= 4 is 5.78 Å². The fraction of sp³-hybridized carbons (Fsp3) is 0.562. The summed E-state index contributed by atoms with van der Waals surface area (Å²) in [5, 5.41) is 0. The van der Waals surface area contributed by atoms with Crippen molar-refractivity contribution in [2.24, 2.45) is 0 Å². The molecule has 3 heteroatoms. The number of hydrogen-bond donors (Lipinski definition) is 0. The van der Waals surface area contributed by atoms with Crippen LogP contribution in [0.4, 0.5) is 0 Å². The molecule has 1 unspecified atom stereocenters. The van der Waals surface area contributed by atoms with E-state index in [1.54, 1.807) is 6.92 Å². The Morgan fingerprint density at radius 3 is 2.42 bits per heavy atom. The summed E-state index contributed by atoms with van der Waals surface area (Å²) < 4.78 is 5.40. The van der Waals surface area contributed by atoms with Crippen LogP contribution in [-0.2, 0) is 16.0 Å². The topological polar surface area (TPSA) is 29.5 Å². The zero-order valence-electron chi connectivity index (χ0n) is 11.9. The van der Waals surface area contributed by atoms with Crippen LogP contribution in [0.15, 0.2) is 24.3 Å². The van der Waals surface area contributed by atoms with Crippen molar-refractivity contribution in [1.29, 1.82) is 0 Å². The second-order valence-corrected chi connectivity index (χ2v) is 5.17. The molecule has 1 atom stereocenters. The van der Waals surface area contributed by atoms with Gasteiger partial charge in [-0.15, -0.1) is 0 Å². The molecule has 1 aromatic carbocycles. The van der Waals surface area contributed by atoms with Crippen LogP contribution in [0.2, 0.25) is 0 Å². The summed E-state index contributed by atoms with van der Waals surface area (Å²) in [6, 6.07) is 8.88. The zero-order valence-corrected chi connectivity index (χ0v) is 11.9. The molecule has 0 bridgehead atoms. The Hall–Kier alpha value is -1.19. The van der Waals surface area contributed by atoms with Gasteiger partial charge in [0.25, 0.3) is 0 Å². The first-order valence-corrected chi connectivity index (χ1v) is 7.10. The first kappa shape index (κ1) is 14.2. The van der Waals surface area contributed by atoms with E-state index in [2.05, 4.69) is 36.1 Å². The number of carbonyl (C=O) groups is 1. The number of nitrogens with zero attached hydrogens (tertiary/aromatic N) is 1. The largest absolute Gasteiger partial charge is 0.379 e. The van der Waals surface area contributed by atoms with E-state index >= 15 is 0 Å². The van der Waals surface area contributed by atoms with Gasteiger partial charge in [-0.05, 0) is 24.5 Å². The molecule has 1 fully saturated rings. The van der Waals surface area contributed by atoms with Crippen molar-refractivity contribution in [3.05, 3.63) is 35.4 Å². The van der Waals surface area contributed by atoms with Gasteiger partial charge in [0.1, 0.15) is 5.78 Å². The van der Waals surface area contributed by atoms with Crippen molar-refractivity contribution in [1.82, 2.24) is 4.90 Å². The highest BCUT2D eigenvalue weighted by Crippen LogP contribution is 2.26. The Balaban J connectivity index is 2.17. The van der Waals surface area contributed by atoms with Crippen molar-refractivity contribution in [3.63, 3.8) is 0 Å². The van der Waals surface area contributed by atoms with E-state index in [1.807, 2.05) is 0 Å². The lowest BCUT2D eigenvalue weighted by Crippen LogP contribution is -2.39. The lowest BCUT2D eigenvalue weighted by Gasteiger charge is -2.34. The van der Waals surface area contributed by atoms with Crippen molar-refractivity contribution in [3.8, 4) is 0 Å². The van der Waals surface area contributed by atoms with Gasteiger partial charge in [-0.1, -0.05) is 31.2 Å². The number of ether oxygens (including phenoxy) is 1. The molecule has 1 aromatic rings. The minimum Gasteiger partial charge on any atom is -0.379 e. The highest BCUT2D eigenvalue weighted by molar-refractivity contribution is 5.76. The molecule has 1 saturated heterocycles. The molecule has 1 heterocycles. The molecular formula is C16H23NO2. The summed E-state index contributed by atoms with van der Waals surface area (Å²) in [4.78, 5) is 13.9. The van der Waals surface area contributed by atoms with E-state index < -0.39 is 0 Å². The zero-order chi connectivity index (χ0) is 13.7. The second-order valence-electron chi connectivity index (χ2n) is 5.17. The van der Waals surface area contributed by atoms with E-state index in [0.29, 0.717) is 6.42 Å². The average molecular weight is 261 g/mol. The fourth-order valence-electron chi connectivity index (χ4n) is 2.59. The molecule has 3 nitrogen and oxygen atoms in total. The molecule has 2 rings (SSSR count). The Labute approximate surface area is 115 Å². The second kappa shape index (κ2) is 6.83. The summed E-state index contributed by atoms with van der Waals surface area (Å²) in [5.74, 6) is 0.246. The molecule has 1 aliphatic heterocycles. The van der Waals surface area contributed by atoms with Gasteiger partial charge in [0, 0.05) is 25.6 Å². The van der Waals surface area contributed by atoms with Crippen LogP contribution in [-0.4, -0.2) is 37.0 Å². The van der Waals surface area contributed by atoms with Crippen LogP contribution in [0, 0.1) is 0 Å². The monoisotopic (exact) mass is 261 g/mol. The minimum absolute atomic E-state index is 0.201. The van der Waals surface area contributed by atoms with Crippen LogP contribution in [0.25, 0.3) is 0 Å². The van der Waals surface area contributed by atoms with Crippen LogP contribution in [0.3, 0.4) is 0 Å². The highest BCUT2D eigenvalue weighted by Gasteiger charge is 2.23. The van der Waals surface area contributed by atoms with E-state index in [1.165, 1.54) is 11.1 Å². The van der Waals surface area contributed by atoms with E-state index in [-0.39, 0.29) is 11.8 Å². The number of morpholine rings is 1. The molecule has 0 aliphatic carbocycles. The van der Waals surface area contributed by atoms with Gasteiger partial charge >= 0.3 is 0 Å². The maximum absolute atomic E-state index is 11.5. The number of carbonyl (C=O) groups excluding carboxylic acids is 1. The molecule has 0 saturated carbocycles. The van der Waals surface area contributed by atoms with Gasteiger partial charge < -0.3 is 4.74 Å². The first-order chi connectivity index (χ1) is 9.20. The quantitative estimate of drug-likeness (QED) is 0.816. The number of hydrogen-bond acceptors (Lipinski definition) is 3. The highest BCUT2D eigenvalue weighted by atomic mass is 16.5. The number of aryl methyl sites for hydroxylation is 1. The molecule has 19 heavy (non-hydrogen) atoms. The first-order valence-electron chi connectivity index (χ1n) is 7.10. The van der Waals surface area contributed by atoms with Gasteiger partial charge in [0.05, 0.1) is 13.2 Å². The fourth-order valence-corrected chi connectivity index (χ4v) is 2.59. The Morgan fingerprint density at radius 1 is 1.26 bits per heavy atom. The molecule has 104 valence electrons. The Kier molecular flexibility index (Phi) is 5.11. The third-order valence-electron chi connectivity index (χ3n) is 3.74. The number of Topliss-reactive ketones (excluding diaryl/α,β-unsaturated/α-hetero) is 1. The van der Waals surface area contributed by atoms with E-state index in [0.717, 1.165) is 32.7 Å². The lowest BCUT2D eigenvalue weighted by atomic mass is 9.98. The van der Waals surface area contributed by atoms with E-state index in [4.69, 9.17) is 4.74 Å². The van der Waals surface area contributed by atoms with Crippen LogP contribution >= 0.6 is 0 Å². The molecule has 0 spiro atoms. The average Bonchev–Trinajstić information content (AvgIpc) is 2.46. The van der Waals surface area contributed by atoms with E-state index in [9.17, 15) is 4.79 Å². The van der Waals surface area contributed by atoms with Crippen molar-refractivity contribution < 1.29 is 9.53 Å². The van der Waals surface area contributed by atoms with Crippen molar-refractivity contribution in [2.45, 2.75) is 32.7 Å². The summed E-state index contributed by atoms with van der Waals surface area (Å²) in [6.45, 7) is 7.18. The number of ketones is 1. The predicted octanol–water partition coefficient (Wildman–Crippen LogP) is 2.60. The third kappa shape index (κ3) is 3.88. The third-order valence-corrected chi connectivity index (χ3v) is 3.74. The van der Waals surface area contributed by atoms with Crippen LogP contribution in [0.1, 0.15) is 37.4 Å². The molecule has 0 aromatic heterocycles. The molecule has 1 aliphatic rings. The number of rotatable bonds is 5. The maximum atomic E-state index is 11.5. The van der Waals surface area contributed by atoms with Gasteiger partial charge in [0.15, 0.2) is 0 Å². The maximum Gasteiger partial charge on any atom is 0.131 e. The van der Waals surface area contributed by atoms with Crippen molar-refractivity contribution in [2.75, 3.05) is 26.3 Å². The van der Waals surface area contributed by atoms with Crippen LogP contribution in [0.5, 0.6) is 0 Å². The predicted molar refractivity (Wildman–Crippen MR) is 76.3 cm³/mol. The lowest BCUT2D eigenvalue weighted by molar-refractivity contribution is -0.118. The molecular weight excluding hydrogens is 238 g/mol. The standard InChI is InChI=1S/C16H23NO2/c1-3-14-4-6-15(7-5-14)16(12-13(2)18)17-8-10-19-11-9-17/h4-7,16H,3,8-12H2,1-2H3. The molecule has 0 radical (unpaired) electrons. The normalized spacial score (nSPS) is 18.2. The molecule has 0 amide bonds. The Bertz CT molecular complexity index is 407. The van der Waals surface area contributed by atoms with Gasteiger partial charge in [0.2, 0.25) is 0 Å². The van der Waals surface area contributed by atoms with Gasteiger partial charge in [-0.25, -0.2) is 0 Å².